The molecule has 0 fully saturated rings. The van der Waals surface area contributed by atoms with Crippen LogP contribution in [0, 0.1) is 24.5 Å². The molecule has 4 atom stereocenters. The summed E-state index contributed by atoms with van der Waals surface area (Å²) in [5.41, 5.74) is 2.09. The van der Waals surface area contributed by atoms with E-state index in [0.717, 1.165) is 30.5 Å². The minimum Gasteiger partial charge on any atom is -0.390 e. The first kappa shape index (κ1) is 35.3. The van der Waals surface area contributed by atoms with E-state index in [1.807, 2.05) is 44.2 Å². The molecule has 3 rings (SSSR count). The topological polar surface area (TPSA) is 119 Å². The van der Waals surface area contributed by atoms with E-state index in [-0.39, 0.29) is 30.0 Å². The molecular weight excluding hydrogens is 580 g/mol. The Kier molecular flexibility index (Phi) is 13.2. The van der Waals surface area contributed by atoms with Crippen molar-refractivity contribution in [3.8, 4) is 0 Å². The van der Waals surface area contributed by atoms with Gasteiger partial charge in [0.05, 0.1) is 18.1 Å². The molecule has 0 bridgehead atoms. The first-order valence-corrected chi connectivity index (χ1v) is 15.3. The quantitative estimate of drug-likeness (QED) is 0.198. The zero-order valence-electron chi connectivity index (χ0n) is 26.2. The van der Waals surface area contributed by atoms with Crippen molar-refractivity contribution in [2.75, 3.05) is 13.1 Å². The number of hydrogen-bond donors (Lipinski definition) is 4. The number of benzene rings is 3. The molecule has 0 radical (unpaired) electrons. The van der Waals surface area contributed by atoms with Crippen molar-refractivity contribution in [2.24, 2.45) is 5.92 Å². The zero-order chi connectivity index (χ0) is 33.1. The van der Waals surface area contributed by atoms with Crippen molar-refractivity contribution in [3.63, 3.8) is 0 Å². The summed E-state index contributed by atoms with van der Waals surface area (Å²) in [7, 11) is 0. The summed E-state index contributed by atoms with van der Waals surface area (Å²) in [5, 5.41) is 27.7. The molecule has 4 unspecified atom stereocenters. The number of hydrogen-bond acceptors (Lipinski definition) is 5. The van der Waals surface area contributed by atoms with Gasteiger partial charge in [-0.2, -0.15) is 0 Å². The van der Waals surface area contributed by atoms with Crippen LogP contribution < -0.4 is 10.6 Å². The molecule has 3 aromatic rings. The van der Waals surface area contributed by atoms with Gasteiger partial charge in [-0.1, -0.05) is 51.1 Å². The monoisotopic (exact) mass is 623 g/mol. The van der Waals surface area contributed by atoms with Crippen molar-refractivity contribution < 1.29 is 33.4 Å². The first-order chi connectivity index (χ1) is 21.4. The fourth-order valence-electron chi connectivity index (χ4n) is 5.20. The van der Waals surface area contributed by atoms with Crippen molar-refractivity contribution >= 4 is 17.7 Å². The van der Waals surface area contributed by atoms with Crippen LogP contribution in [0.3, 0.4) is 0 Å². The predicted molar refractivity (Wildman–Crippen MR) is 168 cm³/mol. The summed E-state index contributed by atoms with van der Waals surface area (Å²) in [6.45, 7) is 8.47. The molecular formula is C35H43F2N3O5. The highest BCUT2D eigenvalue weighted by Gasteiger charge is 2.35. The van der Waals surface area contributed by atoms with E-state index in [4.69, 9.17) is 0 Å². The molecule has 45 heavy (non-hydrogen) atoms. The van der Waals surface area contributed by atoms with Gasteiger partial charge in [0.25, 0.3) is 11.8 Å². The average molecular weight is 624 g/mol. The molecule has 0 heterocycles. The highest BCUT2D eigenvalue weighted by atomic mass is 19.1. The number of amides is 3. The van der Waals surface area contributed by atoms with Crippen LogP contribution in [0.1, 0.15) is 71.0 Å². The van der Waals surface area contributed by atoms with Crippen molar-refractivity contribution in [2.45, 2.75) is 71.8 Å². The Labute approximate surface area is 263 Å². The van der Waals surface area contributed by atoms with Crippen molar-refractivity contribution in [1.29, 1.82) is 0 Å². The molecule has 0 spiro atoms. The molecule has 3 aromatic carbocycles. The van der Waals surface area contributed by atoms with Crippen LogP contribution in [0.5, 0.6) is 0 Å². The van der Waals surface area contributed by atoms with Crippen LogP contribution in [0.4, 0.5) is 8.78 Å². The minimum atomic E-state index is -1.70. The molecule has 8 nitrogen and oxygen atoms in total. The van der Waals surface area contributed by atoms with Crippen LogP contribution in [0.15, 0.2) is 66.7 Å². The third kappa shape index (κ3) is 10.2. The van der Waals surface area contributed by atoms with Gasteiger partial charge in [-0.3, -0.25) is 14.4 Å². The maximum atomic E-state index is 14.0. The lowest BCUT2D eigenvalue weighted by Crippen LogP contribution is -2.53. The Morgan fingerprint density at radius 3 is 2.02 bits per heavy atom. The van der Waals surface area contributed by atoms with Crippen LogP contribution in [0.2, 0.25) is 0 Å². The maximum Gasteiger partial charge on any atom is 0.253 e. The number of halogens is 2. The standard InChI is InChI=1S/C35H43F2N3O5/c1-5-12-40(13-6-2)35(45)27-15-22(3)14-26(19-27)34(44)39-30(18-25-16-28(36)20-29(37)17-25)32(42)31(41)23(4)33(43)38-21-24-10-8-7-9-11-24/h7-11,14-17,19-20,23,30-32,41-42H,5-6,12-13,18,21H2,1-4H3,(H,38,43)(H,39,44). The van der Waals surface area contributed by atoms with E-state index >= 15 is 0 Å². The summed E-state index contributed by atoms with van der Waals surface area (Å²) in [6.07, 6.45) is -2.05. The Morgan fingerprint density at radius 1 is 0.822 bits per heavy atom. The summed E-state index contributed by atoms with van der Waals surface area (Å²) in [4.78, 5) is 41.4. The molecule has 0 aliphatic heterocycles. The molecule has 10 heteroatoms. The lowest BCUT2D eigenvalue weighted by atomic mass is 9.90. The molecule has 4 N–H and O–H groups in total. The van der Waals surface area contributed by atoms with Crippen LogP contribution in [0.25, 0.3) is 0 Å². The van der Waals surface area contributed by atoms with Gasteiger partial charge >= 0.3 is 0 Å². The van der Waals surface area contributed by atoms with Gasteiger partial charge < -0.3 is 25.7 Å². The molecule has 3 amide bonds. The summed E-state index contributed by atoms with van der Waals surface area (Å²) in [5.74, 6) is -4.20. The average Bonchev–Trinajstić information content (AvgIpc) is 3.01. The van der Waals surface area contributed by atoms with Gasteiger partial charge in [-0.15, -0.1) is 0 Å². The predicted octanol–water partition coefficient (Wildman–Crippen LogP) is 4.55. The van der Waals surface area contributed by atoms with E-state index in [1.54, 1.807) is 24.0 Å². The van der Waals surface area contributed by atoms with Gasteiger partial charge in [0.2, 0.25) is 5.91 Å². The van der Waals surface area contributed by atoms with Crippen LogP contribution >= 0.6 is 0 Å². The first-order valence-electron chi connectivity index (χ1n) is 15.3. The van der Waals surface area contributed by atoms with Gasteiger partial charge in [-0.25, -0.2) is 8.78 Å². The van der Waals surface area contributed by atoms with E-state index in [0.29, 0.717) is 30.3 Å². The number of nitrogens with zero attached hydrogens (tertiary/aromatic N) is 1. The summed E-state index contributed by atoms with van der Waals surface area (Å²) >= 11 is 0. The summed E-state index contributed by atoms with van der Waals surface area (Å²) < 4.78 is 28.1. The van der Waals surface area contributed by atoms with Gasteiger partial charge in [0, 0.05) is 36.8 Å². The second-order valence-electron chi connectivity index (χ2n) is 11.4. The fourth-order valence-corrected chi connectivity index (χ4v) is 5.20. The number of carbonyl (C=O) groups is 3. The molecule has 0 saturated heterocycles. The largest absolute Gasteiger partial charge is 0.390 e. The molecule has 0 aliphatic carbocycles. The second kappa shape index (κ2) is 16.8. The second-order valence-corrected chi connectivity index (χ2v) is 11.4. The third-order valence-corrected chi connectivity index (χ3v) is 7.55. The number of aryl methyl sites for hydroxylation is 1. The summed E-state index contributed by atoms with van der Waals surface area (Å²) in [6, 6.07) is 15.5. The SMILES string of the molecule is CCCN(CCC)C(=O)c1cc(C)cc(C(=O)NC(Cc2cc(F)cc(F)c2)C(O)C(O)C(C)C(=O)NCc2ccccc2)c1. The molecule has 0 aliphatic rings. The highest BCUT2D eigenvalue weighted by molar-refractivity contribution is 6.00. The Balaban J connectivity index is 1.85. The van der Waals surface area contributed by atoms with Crippen molar-refractivity contribution in [3.05, 3.63) is 106 Å². The lowest BCUT2D eigenvalue weighted by molar-refractivity contribution is -0.131. The van der Waals surface area contributed by atoms with Crippen LogP contribution in [-0.4, -0.2) is 64.2 Å². The zero-order valence-corrected chi connectivity index (χ0v) is 26.2. The lowest BCUT2D eigenvalue weighted by Gasteiger charge is -2.31. The number of aliphatic hydroxyl groups is 2. The van der Waals surface area contributed by atoms with Crippen LogP contribution in [-0.2, 0) is 17.8 Å². The minimum absolute atomic E-state index is 0.125. The number of aliphatic hydroxyl groups excluding tert-OH is 2. The number of rotatable bonds is 15. The van der Waals surface area contributed by atoms with E-state index in [1.165, 1.54) is 13.0 Å². The molecule has 0 aromatic heterocycles. The molecule has 0 saturated carbocycles. The molecule has 242 valence electrons. The number of nitrogens with one attached hydrogen (secondary N) is 2. The van der Waals surface area contributed by atoms with Gasteiger partial charge in [-0.05, 0) is 73.2 Å². The van der Waals surface area contributed by atoms with Gasteiger partial charge in [0.1, 0.15) is 17.7 Å². The third-order valence-electron chi connectivity index (χ3n) is 7.55. The fraction of sp³-hybridized carbons (Fsp3) is 0.400. The normalized spacial score (nSPS) is 13.8. The maximum absolute atomic E-state index is 14.0. The Morgan fingerprint density at radius 2 is 1.42 bits per heavy atom. The van der Waals surface area contributed by atoms with Gasteiger partial charge in [0.15, 0.2) is 0 Å². The highest BCUT2D eigenvalue weighted by Crippen LogP contribution is 2.19. The van der Waals surface area contributed by atoms with E-state index in [2.05, 4.69) is 10.6 Å². The smallest absolute Gasteiger partial charge is 0.253 e. The van der Waals surface area contributed by atoms with E-state index < -0.39 is 47.6 Å². The Bertz CT molecular complexity index is 1430. The number of carbonyl (C=O) groups excluding carboxylic acids is 3. The van der Waals surface area contributed by atoms with Crippen molar-refractivity contribution in [1.82, 2.24) is 15.5 Å². The Hall–Kier alpha value is -4.15. The van der Waals surface area contributed by atoms with E-state index in [9.17, 15) is 33.4 Å².